The number of benzene rings is 1. The number of aryl methyl sites for hydroxylation is 1. The summed E-state index contributed by atoms with van der Waals surface area (Å²) in [6, 6.07) is 8.11. The van der Waals surface area contributed by atoms with Crippen LogP contribution in [0.1, 0.15) is 41.9 Å². The van der Waals surface area contributed by atoms with Crippen molar-refractivity contribution < 1.29 is 4.79 Å². The largest absolute Gasteiger partial charge is 0.320 e. The summed E-state index contributed by atoms with van der Waals surface area (Å²) < 4.78 is 2.16. The van der Waals surface area contributed by atoms with Crippen LogP contribution in [-0.4, -0.2) is 15.3 Å². The van der Waals surface area contributed by atoms with E-state index in [2.05, 4.69) is 35.7 Å². The lowest BCUT2D eigenvalue weighted by Crippen LogP contribution is -2.28. The minimum absolute atomic E-state index is 0.00327. The van der Waals surface area contributed by atoms with Crippen molar-refractivity contribution in [2.75, 3.05) is 0 Å². The van der Waals surface area contributed by atoms with E-state index in [0.717, 1.165) is 39.7 Å². The summed E-state index contributed by atoms with van der Waals surface area (Å²) in [6.07, 6.45) is 5.31. The average molecular weight is 339 g/mol. The van der Waals surface area contributed by atoms with Gasteiger partial charge in [0, 0.05) is 41.1 Å². The van der Waals surface area contributed by atoms with Gasteiger partial charge in [0.2, 0.25) is 0 Å². The van der Waals surface area contributed by atoms with Gasteiger partial charge in [-0.05, 0) is 54.0 Å². The van der Waals surface area contributed by atoms with Gasteiger partial charge in [0.15, 0.2) is 5.78 Å². The van der Waals surface area contributed by atoms with Crippen molar-refractivity contribution in [2.24, 2.45) is 5.41 Å². The third-order valence-electron chi connectivity index (χ3n) is 4.84. The molecule has 0 fully saturated rings. The number of hydrogen-bond acceptors (Lipinski definition) is 2. The predicted molar refractivity (Wildman–Crippen MR) is 97.2 cm³/mol. The minimum Gasteiger partial charge on any atom is -0.320 e. The monoisotopic (exact) mass is 338 g/mol. The van der Waals surface area contributed by atoms with Gasteiger partial charge in [0.25, 0.3) is 0 Å². The van der Waals surface area contributed by atoms with Crippen molar-refractivity contribution in [3.63, 3.8) is 0 Å². The van der Waals surface area contributed by atoms with E-state index in [1.165, 1.54) is 0 Å². The normalized spacial score (nSPS) is 16.4. The molecule has 2 aromatic heterocycles. The molecular formula is C20H19ClN2O. The fourth-order valence-corrected chi connectivity index (χ4v) is 4.01. The molecule has 1 aliphatic rings. The van der Waals surface area contributed by atoms with Gasteiger partial charge in [-0.3, -0.25) is 4.79 Å². The van der Waals surface area contributed by atoms with E-state index in [1.54, 1.807) is 6.20 Å². The highest BCUT2D eigenvalue weighted by molar-refractivity contribution is 6.34. The maximum atomic E-state index is 12.6. The van der Waals surface area contributed by atoms with Crippen LogP contribution < -0.4 is 0 Å². The van der Waals surface area contributed by atoms with Crippen LogP contribution >= 0.6 is 11.6 Å². The number of nitrogens with zero attached hydrogens (tertiary/aromatic N) is 2. The lowest BCUT2D eigenvalue weighted by atomic mass is 9.75. The maximum absolute atomic E-state index is 12.6. The molecule has 0 amide bonds. The molecule has 0 atom stereocenters. The van der Waals surface area contributed by atoms with Gasteiger partial charge in [0.1, 0.15) is 5.15 Å². The summed E-state index contributed by atoms with van der Waals surface area (Å²) in [5, 5.41) is 2.51. The Hall–Kier alpha value is -2.13. The molecule has 4 heteroatoms. The molecule has 1 aromatic carbocycles. The van der Waals surface area contributed by atoms with E-state index in [0.29, 0.717) is 11.6 Å². The zero-order valence-corrected chi connectivity index (χ0v) is 14.8. The SMILES string of the molecule is Cc1cn(-c2ccc3c(Cl)nccc3c2)c2c1C(=O)CC(C)(C)C2. The molecule has 0 N–H and O–H groups in total. The van der Waals surface area contributed by atoms with Crippen molar-refractivity contribution in [3.8, 4) is 5.69 Å². The molecule has 0 radical (unpaired) electrons. The topological polar surface area (TPSA) is 34.9 Å². The molecule has 0 spiro atoms. The first kappa shape index (κ1) is 15.4. The molecule has 0 bridgehead atoms. The van der Waals surface area contributed by atoms with Crippen molar-refractivity contribution in [3.05, 3.63) is 58.6 Å². The third-order valence-corrected chi connectivity index (χ3v) is 5.14. The van der Waals surface area contributed by atoms with Crippen LogP contribution in [0.2, 0.25) is 5.15 Å². The molecule has 122 valence electrons. The van der Waals surface area contributed by atoms with E-state index in [4.69, 9.17) is 11.6 Å². The Bertz CT molecular complexity index is 985. The van der Waals surface area contributed by atoms with E-state index in [-0.39, 0.29) is 11.2 Å². The number of Topliss-reactive ketones (excluding diaryl/α,β-unsaturated/α-hetero) is 1. The van der Waals surface area contributed by atoms with Crippen molar-refractivity contribution in [1.82, 2.24) is 9.55 Å². The minimum atomic E-state index is -0.00327. The lowest BCUT2D eigenvalue weighted by molar-refractivity contribution is 0.0910. The average Bonchev–Trinajstić information content (AvgIpc) is 2.82. The van der Waals surface area contributed by atoms with Crippen molar-refractivity contribution in [2.45, 2.75) is 33.6 Å². The van der Waals surface area contributed by atoms with Crippen LogP contribution in [0.25, 0.3) is 16.5 Å². The third kappa shape index (κ3) is 2.35. The summed E-state index contributed by atoms with van der Waals surface area (Å²) in [7, 11) is 0. The number of halogens is 1. The molecular weight excluding hydrogens is 320 g/mol. The molecule has 4 rings (SSSR count). The van der Waals surface area contributed by atoms with Crippen LogP contribution in [0.4, 0.5) is 0 Å². The second kappa shape index (κ2) is 5.18. The number of fused-ring (bicyclic) bond motifs is 2. The number of aromatic nitrogens is 2. The molecule has 3 nitrogen and oxygen atoms in total. The Labute approximate surface area is 146 Å². The standard InChI is InChI=1S/C20H19ClN2O/c1-12-11-23(16-9-20(2,3)10-17(24)18(12)16)14-4-5-15-13(8-14)6-7-22-19(15)21/h4-8,11H,9-10H2,1-3H3. The fourth-order valence-electron chi connectivity index (χ4n) is 3.79. The van der Waals surface area contributed by atoms with E-state index in [9.17, 15) is 4.79 Å². The first-order chi connectivity index (χ1) is 11.4. The van der Waals surface area contributed by atoms with Crippen LogP contribution in [0.3, 0.4) is 0 Å². The van der Waals surface area contributed by atoms with Crippen LogP contribution in [-0.2, 0) is 6.42 Å². The van der Waals surface area contributed by atoms with E-state index >= 15 is 0 Å². The number of pyridine rings is 1. The number of hydrogen-bond donors (Lipinski definition) is 0. The second-order valence-corrected chi connectivity index (χ2v) is 7.81. The molecule has 0 saturated carbocycles. The van der Waals surface area contributed by atoms with Gasteiger partial charge in [-0.2, -0.15) is 0 Å². The molecule has 0 saturated heterocycles. The summed E-state index contributed by atoms with van der Waals surface area (Å²) in [5.74, 6) is 0.255. The van der Waals surface area contributed by atoms with Crippen LogP contribution in [0.15, 0.2) is 36.7 Å². The van der Waals surface area contributed by atoms with Gasteiger partial charge in [-0.25, -0.2) is 4.98 Å². The Morgan fingerprint density at radius 1 is 1.21 bits per heavy atom. The Morgan fingerprint density at radius 3 is 2.79 bits per heavy atom. The first-order valence-electron chi connectivity index (χ1n) is 8.14. The van der Waals surface area contributed by atoms with Crippen molar-refractivity contribution >= 4 is 28.2 Å². The number of carbonyl (C=O) groups is 1. The van der Waals surface area contributed by atoms with Gasteiger partial charge < -0.3 is 4.57 Å². The number of carbonyl (C=O) groups excluding carboxylic acids is 1. The molecule has 24 heavy (non-hydrogen) atoms. The molecule has 0 unspecified atom stereocenters. The molecule has 2 heterocycles. The predicted octanol–water partition coefficient (Wildman–Crippen LogP) is 5.14. The first-order valence-corrected chi connectivity index (χ1v) is 8.52. The van der Waals surface area contributed by atoms with Gasteiger partial charge in [0.05, 0.1) is 0 Å². The lowest BCUT2D eigenvalue weighted by Gasteiger charge is -2.30. The summed E-state index contributed by atoms with van der Waals surface area (Å²) in [4.78, 5) is 16.7. The zero-order valence-electron chi connectivity index (χ0n) is 14.1. The highest BCUT2D eigenvalue weighted by atomic mass is 35.5. The zero-order chi connectivity index (χ0) is 17.1. The quantitative estimate of drug-likeness (QED) is 0.576. The summed E-state index contributed by atoms with van der Waals surface area (Å²) in [5.41, 5.74) is 4.13. The maximum Gasteiger partial charge on any atom is 0.165 e. The van der Waals surface area contributed by atoms with Gasteiger partial charge >= 0.3 is 0 Å². The number of ketones is 1. The van der Waals surface area contributed by atoms with Crippen LogP contribution in [0.5, 0.6) is 0 Å². The highest BCUT2D eigenvalue weighted by Gasteiger charge is 2.34. The summed E-state index contributed by atoms with van der Waals surface area (Å²) in [6.45, 7) is 6.34. The Balaban J connectivity index is 1.92. The smallest absolute Gasteiger partial charge is 0.165 e. The number of rotatable bonds is 1. The van der Waals surface area contributed by atoms with E-state index < -0.39 is 0 Å². The second-order valence-electron chi connectivity index (χ2n) is 7.45. The highest BCUT2D eigenvalue weighted by Crippen LogP contribution is 2.38. The summed E-state index contributed by atoms with van der Waals surface area (Å²) >= 11 is 6.17. The fraction of sp³-hybridized carbons (Fsp3) is 0.300. The van der Waals surface area contributed by atoms with Gasteiger partial charge in [-0.15, -0.1) is 0 Å². The van der Waals surface area contributed by atoms with Crippen LogP contribution in [0, 0.1) is 12.3 Å². The van der Waals surface area contributed by atoms with Crippen molar-refractivity contribution in [1.29, 1.82) is 0 Å². The van der Waals surface area contributed by atoms with Gasteiger partial charge in [-0.1, -0.05) is 25.4 Å². The molecule has 0 aliphatic heterocycles. The Kier molecular flexibility index (Phi) is 3.33. The molecule has 3 aromatic rings. The Morgan fingerprint density at radius 2 is 2.00 bits per heavy atom. The van der Waals surface area contributed by atoms with E-state index in [1.807, 2.05) is 25.1 Å². The molecule has 1 aliphatic carbocycles.